The number of anilines is 1. The number of aromatic nitrogens is 2. The fourth-order valence-corrected chi connectivity index (χ4v) is 2.57. The quantitative estimate of drug-likeness (QED) is 0.897. The average Bonchev–Trinajstić information content (AvgIpc) is 2.84. The van der Waals surface area contributed by atoms with Gasteiger partial charge in [0.25, 0.3) is 0 Å². The Morgan fingerprint density at radius 1 is 1.59 bits per heavy atom. The third-order valence-corrected chi connectivity index (χ3v) is 3.42. The number of amides is 1. The van der Waals surface area contributed by atoms with Crippen molar-refractivity contribution in [3.63, 3.8) is 0 Å². The maximum atomic E-state index is 11.5. The van der Waals surface area contributed by atoms with Gasteiger partial charge in [0.2, 0.25) is 11.0 Å². The van der Waals surface area contributed by atoms with Crippen molar-refractivity contribution in [2.24, 2.45) is 5.92 Å². The largest absolute Gasteiger partial charge is 0.371 e. The first-order valence-corrected chi connectivity index (χ1v) is 6.71. The van der Waals surface area contributed by atoms with E-state index < -0.39 is 0 Å². The van der Waals surface area contributed by atoms with Crippen LogP contribution in [0.3, 0.4) is 0 Å². The number of carbonyl (C=O) groups excluding carboxylic acids is 1. The minimum Gasteiger partial charge on any atom is -0.371 e. The van der Waals surface area contributed by atoms with Crippen LogP contribution in [0, 0.1) is 5.92 Å². The molecule has 1 amide bonds. The van der Waals surface area contributed by atoms with Crippen molar-refractivity contribution in [3.05, 3.63) is 5.01 Å². The van der Waals surface area contributed by atoms with Crippen LogP contribution >= 0.6 is 11.3 Å². The summed E-state index contributed by atoms with van der Waals surface area (Å²) < 4.78 is 5.52. The van der Waals surface area contributed by atoms with E-state index in [9.17, 15) is 4.79 Å². The SMILES string of the molecule is CC(C)CC(=O)Nc1nnc([C@@H]2CCCO2)s1. The minimum absolute atomic E-state index is 0.00459. The first-order chi connectivity index (χ1) is 8.15. The van der Waals surface area contributed by atoms with Crippen LogP contribution in [0.4, 0.5) is 5.13 Å². The van der Waals surface area contributed by atoms with E-state index in [4.69, 9.17) is 4.74 Å². The Kier molecular flexibility index (Phi) is 4.06. The van der Waals surface area contributed by atoms with E-state index in [0.717, 1.165) is 24.5 Å². The maximum absolute atomic E-state index is 11.5. The number of nitrogens with one attached hydrogen (secondary N) is 1. The predicted molar refractivity (Wildman–Crippen MR) is 65.9 cm³/mol. The molecule has 94 valence electrons. The van der Waals surface area contributed by atoms with Gasteiger partial charge in [-0.3, -0.25) is 4.79 Å². The lowest BCUT2D eigenvalue weighted by Gasteiger charge is -2.03. The van der Waals surface area contributed by atoms with Crippen molar-refractivity contribution >= 4 is 22.4 Å². The van der Waals surface area contributed by atoms with Crippen LogP contribution in [0.25, 0.3) is 0 Å². The molecule has 1 fully saturated rings. The number of carbonyl (C=O) groups is 1. The highest BCUT2D eigenvalue weighted by Crippen LogP contribution is 2.31. The summed E-state index contributed by atoms with van der Waals surface area (Å²) in [6.07, 6.45) is 2.64. The second kappa shape index (κ2) is 5.55. The van der Waals surface area contributed by atoms with Gasteiger partial charge in [0.1, 0.15) is 11.1 Å². The van der Waals surface area contributed by atoms with Gasteiger partial charge in [0.05, 0.1) is 0 Å². The van der Waals surface area contributed by atoms with Crippen molar-refractivity contribution < 1.29 is 9.53 Å². The lowest BCUT2D eigenvalue weighted by Crippen LogP contribution is -2.13. The predicted octanol–water partition coefficient (Wildman–Crippen LogP) is 2.37. The summed E-state index contributed by atoms with van der Waals surface area (Å²) in [5, 5.41) is 12.2. The van der Waals surface area contributed by atoms with Crippen LogP contribution in [-0.2, 0) is 9.53 Å². The summed E-state index contributed by atoms with van der Waals surface area (Å²) in [5.41, 5.74) is 0. The molecule has 1 saturated heterocycles. The first kappa shape index (κ1) is 12.4. The van der Waals surface area contributed by atoms with Gasteiger partial charge in [0.15, 0.2) is 0 Å². The molecular formula is C11H17N3O2S. The highest BCUT2D eigenvalue weighted by atomic mass is 32.1. The molecule has 17 heavy (non-hydrogen) atoms. The molecule has 0 radical (unpaired) electrons. The zero-order chi connectivity index (χ0) is 12.3. The van der Waals surface area contributed by atoms with Gasteiger partial charge in [-0.05, 0) is 18.8 Å². The van der Waals surface area contributed by atoms with Crippen LogP contribution in [0.5, 0.6) is 0 Å². The van der Waals surface area contributed by atoms with E-state index in [1.165, 1.54) is 11.3 Å². The second-order valence-electron chi connectivity index (χ2n) is 4.59. The highest BCUT2D eigenvalue weighted by molar-refractivity contribution is 7.15. The summed E-state index contributed by atoms with van der Waals surface area (Å²) in [5.74, 6) is 0.343. The number of hydrogen-bond donors (Lipinski definition) is 1. The summed E-state index contributed by atoms with van der Waals surface area (Å²) in [7, 11) is 0. The van der Waals surface area contributed by atoms with E-state index in [2.05, 4.69) is 15.5 Å². The molecule has 0 spiro atoms. The van der Waals surface area contributed by atoms with Gasteiger partial charge in [-0.25, -0.2) is 0 Å². The van der Waals surface area contributed by atoms with Gasteiger partial charge < -0.3 is 10.1 Å². The molecule has 1 N–H and O–H groups in total. The Morgan fingerprint density at radius 2 is 2.41 bits per heavy atom. The number of nitrogens with zero attached hydrogens (tertiary/aromatic N) is 2. The van der Waals surface area contributed by atoms with Crippen molar-refractivity contribution in [3.8, 4) is 0 Å². The van der Waals surface area contributed by atoms with Crippen LogP contribution in [-0.4, -0.2) is 22.7 Å². The first-order valence-electron chi connectivity index (χ1n) is 5.90. The molecule has 0 saturated carbocycles. The summed E-state index contributed by atoms with van der Waals surface area (Å²) >= 11 is 1.41. The van der Waals surface area contributed by atoms with Gasteiger partial charge in [-0.15, -0.1) is 10.2 Å². The van der Waals surface area contributed by atoms with Crippen molar-refractivity contribution in [2.75, 3.05) is 11.9 Å². The monoisotopic (exact) mass is 255 g/mol. The molecule has 1 aromatic heterocycles. The Labute approximate surface area is 105 Å². The van der Waals surface area contributed by atoms with Gasteiger partial charge in [-0.2, -0.15) is 0 Å². The Hall–Kier alpha value is -1.01. The smallest absolute Gasteiger partial charge is 0.226 e. The molecule has 0 aromatic carbocycles. The van der Waals surface area contributed by atoms with E-state index in [1.807, 2.05) is 13.8 Å². The van der Waals surface area contributed by atoms with Crippen LogP contribution in [0.1, 0.15) is 44.2 Å². The molecule has 6 heteroatoms. The molecule has 1 aliphatic heterocycles. The maximum Gasteiger partial charge on any atom is 0.226 e. The molecular weight excluding hydrogens is 238 g/mol. The molecule has 0 aliphatic carbocycles. The van der Waals surface area contributed by atoms with Crippen LogP contribution < -0.4 is 5.32 Å². The van der Waals surface area contributed by atoms with Gasteiger partial charge in [0, 0.05) is 13.0 Å². The minimum atomic E-state index is -0.00459. The van der Waals surface area contributed by atoms with E-state index in [1.54, 1.807) is 0 Å². The summed E-state index contributed by atoms with van der Waals surface area (Å²) in [4.78, 5) is 11.5. The fourth-order valence-electron chi connectivity index (χ4n) is 1.73. The number of rotatable bonds is 4. The number of ether oxygens (including phenoxy) is 1. The highest BCUT2D eigenvalue weighted by Gasteiger charge is 2.22. The van der Waals surface area contributed by atoms with Gasteiger partial charge in [-0.1, -0.05) is 25.2 Å². The average molecular weight is 255 g/mol. The Morgan fingerprint density at radius 3 is 3.06 bits per heavy atom. The Balaban J connectivity index is 1.91. The zero-order valence-corrected chi connectivity index (χ0v) is 10.9. The summed E-state index contributed by atoms with van der Waals surface area (Å²) in [6.45, 7) is 4.81. The van der Waals surface area contributed by atoms with Crippen LogP contribution in [0.15, 0.2) is 0 Å². The molecule has 0 unspecified atom stereocenters. The van der Waals surface area contributed by atoms with Crippen molar-refractivity contribution in [1.82, 2.24) is 10.2 Å². The van der Waals surface area contributed by atoms with Crippen LogP contribution in [0.2, 0.25) is 0 Å². The molecule has 1 aromatic rings. The molecule has 1 atom stereocenters. The second-order valence-corrected chi connectivity index (χ2v) is 5.60. The zero-order valence-electron chi connectivity index (χ0n) is 10.1. The van der Waals surface area contributed by atoms with E-state index >= 15 is 0 Å². The normalized spacial score (nSPS) is 19.8. The summed E-state index contributed by atoms with van der Waals surface area (Å²) in [6, 6.07) is 0. The standard InChI is InChI=1S/C11H17N3O2S/c1-7(2)6-9(15)12-11-14-13-10(17-11)8-4-3-5-16-8/h7-8H,3-6H2,1-2H3,(H,12,14,15)/t8-/m0/s1. The topological polar surface area (TPSA) is 64.1 Å². The van der Waals surface area contributed by atoms with Crippen molar-refractivity contribution in [2.45, 2.75) is 39.2 Å². The Bertz CT molecular complexity index is 386. The third kappa shape index (κ3) is 3.47. The third-order valence-electron chi connectivity index (χ3n) is 2.49. The van der Waals surface area contributed by atoms with Crippen molar-refractivity contribution in [1.29, 1.82) is 0 Å². The molecule has 1 aliphatic rings. The number of hydrogen-bond acceptors (Lipinski definition) is 5. The molecule has 2 heterocycles. The molecule has 0 bridgehead atoms. The lowest BCUT2D eigenvalue weighted by atomic mass is 10.1. The molecule has 5 nitrogen and oxygen atoms in total. The fraction of sp³-hybridized carbons (Fsp3) is 0.727. The molecule has 2 rings (SSSR count). The lowest BCUT2D eigenvalue weighted by molar-refractivity contribution is -0.116. The van der Waals surface area contributed by atoms with Gasteiger partial charge >= 0.3 is 0 Å². The van der Waals surface area contributed by atoms with E-state index in [0.29, 0.717) is 17.5 Å². The van der Waals surface area contributed by atoms with E-state index in [-0.39, 0.29) is 12.0 Å².